The molecule has 0 atom stereocenters. The van der Waals surface area contributed by atoms with Gasteiger partial charge in [-0.2, -0.15) is 5.26 Å². The summed E-state index contributed by atoms with van der Waals surface area (Å²) >= 11 is 1.67. The van der Waals surface area contributed by atoms with Crippen molar-refractivity contribution in [2.75, 3.05) is 5.32 Å². The number of nitriles is 1. The van der Waals surface area contributed by atoms with Gasteiger partial charge >= 0.3 is 0 Å². The first-order valence-electron chi connectivity index (χ1n) is 4.55. The van der Waals surface area contributed by atoms with Crippen LogP contribution in [0.15, 0.2) is 27.3 Å². The van der Waals surface area contributed by atoms with Crippen molar-refractivity contribution in [2.45, 2.75) is 13.5 Å². The van der Waals surface area contributed by atoms with Crippen LogP contribution < -0.4 is 5.32 Å². The van der Waals surface area contributed by atoms with Crippen LogP contribution in [0.2, 0.25) is 0 Å². The summed E-state index contributed by atoms with van der Waals surface area (Å²) in [6.45, 7) is 2.67. The summed E-state index contributed by atoms with van der Waals surface area (Å²) in [5.74, 6) is 1.13. The summed E-state index contributed by atoms with van der Waals surface area (Å²) in [4.78, 5) is 0. The number of nitrogens with zero attached hydrogens (tertiary/aromatic N) is 1. The number of anilines is 1. The van der Waals surface area contributed by atoms with E-state index in [4.69, 9.17) is 9.68 Å². The molecule has 2 aromatic rings. The second-order valence-electron chi connectivity index (χ2n) is 3.20. The van der Waals surface area contributed by atoms with Crippen LogP contribution in [0.4, 0.5) is 5.69 Å². The molecule has 0 radical (unpaired) electrons. The van der Waals surface area contributed by atoms with Crippen LogP contribution in [0, 0.1) is 18.3 Å². The molecular weight excluding hydrogens is 208 g/mol. The van der Waals surface area contributed by atoms with E-state index in [0.29, 0.717) is 12.3 Å². The molecule has 3 nitrogen and oxygen atoms in total. The first kappa shape index (κ1) is 9.81. The van der Waals surface area contributed by atoms with E-state index in [1.165, 1.54) is 5.56 Å². The molecule has 2 heterocycles. The topological polar surface area (TPSA) is 49.0 Å². The Bertz CT molecular complexity index is 493. The number of nitrogens with one attached hydrogen (secondary N) is 1. The largest absolute Gasteiger partial charge is 0.449 e. The molecule has 2 rings (SSSR count). The molecule has 0 aliphatic rings. The Morgan fingerprint density at radius 3 is 2.93 bits per heavy atom. The van der Waals surface area contributed by atoms with Gasteiger partial charge in [0, 0.05) is 11.1 Å². The van der Waals surface area contributed by atoms with Gasteiger partial charge in [0.1, 0.15) is 11.8 Å². The number of hydrogen-bond donors (Lipinski definition) is 1. The zero-order chi connectivity index (χ0) is 10.7. The Hall–Kier alpha value is -1.73. The van der Waals surface area contributed by atoms with Crippen molar-refractivity contribution in [1.29, 1.82) is 5.26 Å². The van der Waals surface area contributed by atoms with E-state index < -0.39 is 0 Å². The summed E-state index contributed by atoms with van der Waals surface area (Å²) in [5, 5.41) is 16.0. The van der Waals surface area contributed by atoms with E-state index in [0.717, 1.165) is 11.4 Å². The van der Waals surface area contributed by atoms with Crippen molar-refractivity contribution >= 4 is 17.0 Å². The maximum Gasteiger partial charge on any atom is 0.203 e. The van der Waals surface area contributed by atoms with Crippen molar-refractivity contribution in [2.24, 2.45) is 0 Å². The van der Waals surface area contributed by atoms with E-state index >= 15 is 0 Å². The molecule has 0 spiro atoms. The Morgan fingerprint density at radius 1 is 1.47 bits per heavy atom. The van der Waals surface area contributed by atoms with Crippen LogP contribution in [0.1, 0.15) is 17.1 Å². The number of thiophene rings is 1. The minimum absolute atomic E-state index is 0.355. The Kier molecular flexibility index (Phi) is 2.75. The fraction of sp³-hybridized carbons (Fsp3) is 0.182. The molecule has 0 aliphatic heterocycles. The summed E-state index contributed by atoms with van der Waals surface area (Å²) in [6, 6.07) is 5.45. The number of aryl methyl sites for hydroxylation is 1. The summed E-state index contributed by atoms with van der Waals surface area (Å²) in [6.07, 6.45) is 0. The van der Waals surface area contributed by atoms with Crippen LogP contribution in [0.25, 0.3) is 0 Å². The van der Waals surface area contributed by atoms with Crippen LogP contribution in [0.3, 0.4) is 0 Å². The predicted octanol–water partition coefficient (Wildman–Crippen LogP) is 3.13. The lowest BCUT2D eigenvalue weighted by atomic mass is 10.3. The lowest BCUT2D eigenvalue weighted by Crippen LogP contribution is -1.97. The minimum Gasteiger partial charge on any atom is -0.449 e. The average Bonchev–Trinajstić information content (AvgIpc) is 2.84. The SMILES string of the molecule is Cc1cscc1NCc1ccc(C#N)o1. The van der Waals surface area contributed by atoms with E-state index in [9.17, 15) is 0 Å². The molecule has 1 N–H and O–H groups in total. The van der Waals surface area contributed by atoms with Crippen molar-refractivity contribution in [3.8, 4) is 6.07 Å². The highest BCUT2D eigenvalue weighted by molar-refractivity contribution is 7.08. The molecule has 15 heavy (non-hydrogen) atoms. The maximum absolute atomic E-state index is 8.58. The molecule has 0 aliphatic carbocycles. The smallest absolute Gasteiger partial charge is 0.203 e. The van der Waals surface area contributed by atoms with Crippen LogP contribution in [-0.4, -0.2) is 0 Å². The highest BCUT2D eigenvalue weighted by Gasteiger charge is 2.02. The summed E-state index contributed by atoms with van der Waals surface area (Å²) in [5.41, 5.74) is 2.35. The molecular formula is C11H10N2OS. The fourth-order valence-corrected chi connectivity index (χ4v) is 2.06. The predicted molar refractivity (Wildman–Crippen MR) is 59.8 cm³/mol. The molecule has 4 heteroatoms. The highest BCUT2D eigenvalue weighted by Crippen LogP contribution is 2.20. The first-order chi connectivity index (χ1) is 7.29. The second kappa shape index (κ2) is 4.20. The molecule has 0 saturated heterocycles. The number of furan rings is 1. The quantitative estimate of drug-likeness (QED) is 0.861. The monoisotopic (exact) mass is 218 g/mol. The maximum atomic E-state index is 8.58. The third-order valence-corrected chi connectivity index (χ3v) is 2.94. The third kappa shape index (κ3) is 2.20. The van der Waals surface area contributed by atoms with Gasteiger partial charge in [-0.3, -0.25) is 0 Å². The van der Waals surface area contributed by atoms with Gasteiger partial charge in [0.15, 0.2) is 0 Å². The lowest BCUT2D eigenvalue weighted by molar-refractivity contribution is 0.506. The highest BCUT2D eigenvalue weighted by atomic mass is 32.1. The van der Waals surface area contributed by atoms with Gasteiger partial charge in [0.05, 0.1) is 6.54 Å². The number of rotatable bonds is 3. The summed E-state index contributed by atoms with van der Waals surface area (Å²) in [7, 11) is 0. The van der Waals surface area contributed by atoms with Gasteiger partial charge in [0.2, 0.25) is 5.76 Å². The van der Waals surface area contributed by atoms with E-state index in [2.05, 4.69) is 23.0 Å². The molecule has 0 bridgehead atoms. The van der Waals surface area contributed by atoms with E-state index in [-0.39, 0.29) is 0 Å². The average molecular weight is 218 g/mol. The fourth-order valence-electron chi connectivity index (χ4n) is 1.26. The van der Waals surface area contributed by atoms with Gasteiger partial charge in [-0.25, -0.2) is 0 Å². The first-order valence-corrected chi connectivity index (χ1v) is 5.49. The Morgan fingerprint density at radius 2 is 2.33 bits per heavy atom. The molecule has 0 fully saturated rings. The third-order valence-electron chi connectivity index (χ3n) is 2.08. The zero-order valence-corrected chi connectivity index (χ0v) is 9.10. The molecule has 0 saturated carbocycles. The van der Waals surface area contributed by atoms with Crippen LogP contribution in [-0.2, 0) is 6.54 Å². The Labute approximate surface area is 92.0 Å². The molecule has 76 valence electrons. The van der Waals surface area contributed by atoms with E-state index in [1.807, 2.05) is 12.1 Å². The molecule has 0 aromatic carbocycles. The lowest BCUT2D eigenvalue weighted by Gasteiger charge is -2.02. The standard InChI is InChI=1S/C11H10N2OS/c1-8-6-15-7-11(8)13-5-10-3-2-9(4-12)14-10/h2-3,6-7,13H,5H2,1H3. The summed E-state index contributed by atoms with van der Waals surface area (Å²) < 4.78 is 5.25. The van der Waals surface area contributed by atoms with Crippen molar-refractivity contribution in [3.05, 3.63) is 40.0 Å². The normalized spacial score (nSPS) is 9.87. The van der Waals surface area contributed by atoms with Gasteiger partial charge in [0.25, 0.3) is 0 Å². The van der Waals surface area contributed by atoms with Gasteiger partial charge < -0.3 is 9.73 Å². The van der Waals surface area contributed by atoms with Crippen LogP contribution in [0.5, 0.6) is 0 Å². The van der Waals surface area contributed by atoms with Gasteiger partial charge in [-0.05, 0) is 30.0 Å². The van der Waals surface area contributed by atoms with Crippen molar-refractivity contribution in [3.63, 3.8) is 0 Å². The van der Waals surface area contributed by atoms with E-state index in [1.54, 1.807) is 17.4 Å². The van der Waals surface area contributed by atoms with Crippen molar-refractivity contribution in [1.82, 2.24) is 0 Å². The second-order valence-corrected chi connectivity index (χ2v) is 3.94. The van der Waals surface area contributed by atoms with Gasteiger partial charge in [-0.1, -0.05) is 0 Å². The number of hydrogen-bond acceptors (Lipinski definition) is 4. The van der Waals surface area contributed by atoms with Crippen LogP contribution >= 0.6 is 11.3 Å². The minimum atomic E-state index is 0.355. The van der Waals surface area contributed by atoms with Crippen molar-refractivity contribution < 1.29 is 4.42 Å². The zero-order valence-electron chi connectivity index (χ0n) is 8.28. The van der Waals surface area contributed by atoms with Gasteiger partial charge in [-0.15, -0.1) is 11.3 Å². The molecule has 0 unspecified atom stereocenters. The Balaban J connectivity index is 2.00. The molecule has 2 aromatic heterocycles. The molecule has 0 amide bonds.